The molecule has 28 heavy (non-hydrogen) atoms. The minimum atomic E-state index is -0.116. The van der Waals surface area contributed by atoms with Gasteiger partial charge in [0.05, 0.1) is 34.0 Å². The summed E-state index contributed by atoms with van der Waals surface area (Å²) in [6, 6.07) is 17.4. The second kappa shape index (κ2) is 7.96. The molecule has 6 heteroatoms. The van der Waals surface area contributed by atoms with Gasteiger partial charge in [0.1, 0.15) is 5.76 Å². The van der Waals surface area contributed by atoms with Crippen LogP contribution in [0.15, 0.2) is 70.7 Å². The Morgan fingerprint density at radius 2 is 2.04 bits per heavy atom. The molecule has 5 nitrogen and oxygen atoms in total. The van der Waals surface area contributed by atoms with Gasteiger partial charge in [-0.1, -0.05) is 24.3 Å². The molecule has 0 unspecified atom stereocenters. The fourth-order valence-electron chi connectivity index (χ4n) is 3.22. The van der Waals surface area contributed by atoms with Crippen molar-refractivity contribution in [2.45, 2.75) is 6.04 Å². The lowest BCUT2D eigenvalue weighted by molar-refractivity contribution is 0.0940. The Kier molecular flexibility index (Phi) is 5.23. The maximum Gasteiger partial charge on any atom is 0.252 e. The summed E-state index contributed by atoms with van der Waals surface area (Å²) in [4.78, 5) is 20.9. The first kappa shape index (κ1) is 18.4. The third-order valence-electron chi connectivity index (χ3n) is 4.69. The normalized spacial score (nSPS) is 12.4. The second-order valence-electron chi connectivity index (χ2n) is 6.75. The fraction of sp³-hybridized carbons (Fsp3) is 0.182. The monoisotopic (exact) mass is 391 g/mol. The number of thiophene rings is 1. The molecule has 1 atom stereocenters. The van der Waals surface area contributed by atoms with E-state index in [1.807, 2.05) is 79.0 Å². The van der Waals surface area contributed by atoms with Crippen LogP contribution in [0.1, 0.15) is 22.2 Å². The molecule has 1 N–H and O–H groups in total. The molecule has 142 valence electrons. The minimum Gasteiger partial charge on any atom is -0.468 e. The predicted octanol–water partition coefficient (Wildman–Crippen LogP) is 4.59. The topological polar surface area (TPSA) is 58.4 Å². The number of rotatable bonds is 6. The van der Waals surface area contributed by atoms with Crippen molar-refractivity contribution in [1.82, 2.24) is 15.2 Å². The van der Waals surface area contributed by atoms with Crippen LogP contribution in [-0.2, 0) is 0 Å². The summed E-state index contributed by atoms with van der Waals surface area (Å²) < 4.78 is 5.53. The molecule has 3 aromatic heterocycles. The van der Waals surface area contributed by atoms with Gasteiger partial charge in [0.2, 0.25) is 0 Å². The number of fused-ring (bicyclic) bond motifs is 1. The number of nitrogens with zero attached hydrogens (tertiary/aromatic N) is 2. The highest BCUT2D eigenvalue weighted by molar-refractivity contribution is 7.13. The van der Waals surface area contributed by atoms with Gasteiger partial charge >= 0.3 is 0 Å². The van der Waals surface area contributed by atoms with Gasteiger partial charge in [-0.3, -0.25) is 9.69 Å². The number of para-hydroxylation sites is 1. The Balaban J connectivity index is 1.65. The van der Waals surface area contributed by atoms with Crippen LogP contribution in [0.5, 0.6) is 0 Å². The highest BCUT2D eigenvalue weighted by atomic mass is 32.1. The lowest BCUT2D eigenvalue weighted by Crippen LogP contribution is -2.34. The maximum atomic E-state index is 13.1. The number of aromatic nitrogens is 1. The number of carbonyl (C=O) groups is 1. The van der Waals surface area contributed by atoms with Crippen LogP contribution in [0.25, 0.3) is 21.5 Å². The van der Waals surface area contributed by atoms with Crippen molar-refractivity contribution in [2.24, 2.45) is 0 Å². The molecule has 0 bridgehead atoms. The smallest absolute Gasteiger partial charge is 0.252 e. The van der Waals surface area contributed by atoms with Crippen LogP contribution in [0.4, 0.5) is 0 Å². The zero-order valence-corrected chi connectivity index (χ0v) is 16.6. The molecule has 4 aromatic rings. The number of pyridine rings is 1. The number of hydrogen-bond donors (Lipinski definition) is 1. The average molecular weight is 391 g/mol. The van der Waals surface area contributed by atoms with Crippen molar-refractivity contribution >= 4 is 28.1 Å². The first-order chi connectivity index (χ1) is 13.6. The molecule has 1 aromatic carbocycles. The van der Waals surface area contributed by atoms with Crippen LogP contribution < -0.4 is 5.32 Å². The third kappa shape index (κ3) is 3.69. The maximum absolute atomic E-state index is 13.1. The lowest BCUT2D eigenvalue weighted by atomic mass is 10.1. The van der Waals surface area contributed by atoms with Gasteiger partial charge in [0.15, 0.2) is 0 Å². The zero-order valence-electron chi connectivity index (χ0n) is 15.8. The Morgan fingerprint density at radius 1 is 1.18 bits per heavy atom. The first-order valence-corrected chi connectivity index (χ1v) is 9.93. The Labute approximate surface area is 167 Å². The molecule has 0 aliphatic carbocycles. The van der Waals surface area contributed by atoms with E-state index in [-0.39, 0.29) is 11.9 Å². The van der Waals surface area contributed by atoms with Crippen molar-refractivity contribution in [3.8, 4) is 10.6 Å². The molecular formula is C22H21N3O2S. The molecule has 4 rings (SSSR count). The summed E-state index contributed by atoms with van der Waals surface area (Å²) in [5, 5.41) is 5.93. The van der Waals surface area contributed by atoms with Crippen LogP contribution in [0, 0.1) is 0 Å². The minimum absolute atomic E-state index is 0.0381. The van der Waals surface area contributed by atoms with Crippen molar-refractivity contribution < 1.29 is 9.21 Å². The number of hydrogen-bond acceptors (Lipinski definition) is 5. The molecule has 1 amide bonds. The van der Waals surface area contributed by atoms with E-state index < -0.39 is 0 Å². The summed E-state index contributed by atoms with van der Waals surface area (Å²) in [5.41, 5.74) is 2.26. The standard InChI is InChI=1S/C22H21N3O2S/c1-25(2)19(20-9-5-11-27-20)14-23-22(26)16-13-18(21-10-6-12-28-21)24-17-8-4-3-7-15(16)17/h3-13,19H,14H2,1-2H3,(H,23,26)/t19-/m1/s1. The fourth-order valence-corrected chi connectivity index (χ4v) is 3.90. The van der Waals surface area contributed by atoms with Gasteiger partial charge < -0.3 is 9.73 Å². The summed E-state index contributed by atoms with van der Waals surface area (Å²) in [7, 11) is 3.94. The van der Waals surface area contributed by atoms with Gasteiger partial charge in [-0.25, -0.2) is 4.98 Å². The summed E-state index contributed by atoms with van der Waals surface area (Å²) in [5.74, 6) is 0.707. The third-order valence-corrected chi connectivity index (χ3v) is 5.58. The molecular weight excluding hydrogens is 370 g/mol. The van der Waals surface area contributed by atoms with E-state index in [1.165, 1.54) is 0 Å². The lowest BCUT2D eigenvalue weighted by Gasteiger charge is -2.22. The van der Waals surface area contributed by atoms with E-state index in [2.05, 4.69) is 5.32 Å². The summed E-state index contributed by atoms with van der Waals surface area (Å²) in [6.07, 6.45) is 1.65. The Morgan fingerprint density at radius 3 is 2.75 bits per heavy atom. The number of benzene rings is 1. The highest BCUT2D eigenvalue weighted by Gasteiger charge is 2.20. The van der Waals surface area contributed by atoms with Gasteiger partial charge in [0, 0.05) is 11.9 Å². The van der Waals surface area contributed by atoms with Crippen molar-refractivity contribution in [2.75, 3.05) is 20.6 Å². The van der Waals surface area contributed by atoms with Crippen LogP contribution >= 0.6 is 11.3 Å². The molecule has 0 saturated heterocycles. The number of carbonyl (C=O) groups excluding carboxylic acids is 1. The van der Waals surface area contributed by atoms with E-state index >= 15 is 0 Å². The van der Waals surface area contributed by atoms with Crippen LogP contribution in [0.3, 0.4) is 0 Å². The summed E-state index contributed by atoms with van der Waals surface area (Å²) >= 11 is 1.61. The highest BCUT2D eigenvalue weighted by Crippen LogP contribution is 2.28. The van der Waals surface area contributed by atoms with E-state index in [0.29, 0.717) is 12.1 Å². The molecule has 0 spiro atoms. The molecule has 0 aliphatic rings. The zero-order chi connectivity index (χ0) is 19.5. The molecule has 0 aliphatic heterocycles. The molecule has 0 fully saturated rings. The van der Waals surface area contributed by atoms with Gasteiger partial charge in [-0.15, -0.1) is 11.3 Å². The van der Waals surface area contributed by atoms with Crippen molar-refractivity contribution in [3.63, 3.8) is 0 Å². The van der Waals surface area contributed by atoms with E-state index in [1.54, 1.807) is 17.6 Å². The molecule has 3 heterocycles. The summed E-state index contributed by atoms with van der Waals surface area (Å²) in [6.45, 7) is 0.449. The van der Waals surface area contributed by atoms with E-state index in [9.17, 15) is 4.79 Å². The first-order valence-electron chi connectivity index (χ1n) is 9.05. The van der Waals surface area contributed by atoms with Crippen LogP contribution in [0.2, 0.25) is 0 Å². The number of amides is 1. The van der Waals surface area contributed by atoms with E-state index in [4.69, 9.17) is 9.40 Å². The predicted molar refractivity (Wildman–Crippen MR) is 113 cm³/mol. The van der Waals surface area contributed by atoms with E-state index in [0.717, 1.165) is 27.2 Å². The Hall–Kier alpha value is -2.96. The van der Waals surface area contributed by atoms with Crippen molar-refractivity contribution in [3.05, 3.63) is 77.6 Å². The quantitative estimate of drug-likeness (QED) is 0.522. The number of likely N-dealkylation sites (N-methyl/N-ethyl adjacent to an activating group) is 1. The second-order valence-corrected chi connectivity index (χ2v) is 7.70. The van der Waals surface area contributed by atoms with Gasteiger partial charge in [-0.2, -0.15) is 0 Å². The SMILES string of the molecule is CN(C)[C@H](CNC(=O)c1cc(-c2cccs2)nc2ccccc12)c1ccco1. The van der Waals surface area contributed by atoms with Crippen molar-refractivity contribution in [1.29, 1.82) is 0 Å². The Bertz CT molecular complexity index is 1070. The molecule has 0 saturated carbocycles. The largest absolute Gasteiger partial charge is 0.468 e. The molecule has 0 radical (unpaired) electrons. The number of nitrogens with one attached hydrogen (secondary N) is 1. The van der Waals surface area contributed by atoms with Gasteiger partial charge in [-0.05, 0) is 49.8 Å². The number of furan rings is 1. The van der Waals surface area contributed by atoms with Gasteiger partial charge in [0.25, 0.3) is 5.91 Å². The van der Waals surface area contributed by atoms with Crippen LogP contribution in [-0.4, -0.2) is 36.4 Å². The average Bonchev–Trinajstić information content (AvgIpc) is 3.41.